The van der Waals surface area contributed by atoms with Gasteiger partial charge in [0.1, 0.15) is 12.4 Å². The Balaban J connectivity index is 1.65. The molecule has 0 amide bonds. The summed E-state index contributed by atoms with van der Waals surface area (Å²) in [5.41, 5.74) is 4.66. The highest BCUT2D eigenvalue weighted by atomic mass is 79.9. The first-order valence-electron chi connectivity index (χ1n) is 8.17. The van der Waals surface area contributed by atoms with Crippen LogP contribution >= 0.6 is 47.8 Å². The molecular formula is C21H18Br3NO. The standard InChI is InChI=1S/C21H18Br3NO/c1-14-2-8-18(9-3-14)25-12-16-10-19(23)21(20(24)11-16)26-13-15-4-6-17(22)7-5-15/h2-11,25H,12-13H2,1H3. The van der Waals surface area contributed by atoms with Crippen molar-refractivity contribution in [2.75, 3.05) is 5.32 Å². The molecule has 5 heteroatoms. The maximum Gasteiger partial charge on any atom is 0.148 e. The van der Waals surface area contributed by atoms with Gasteiger partial charge < -0.3 is 10.1 Å². The summed E-state index contributed by atoms with van der Waals surface area (Å²) in [7, 11) is 0. The second-order valence-corrected chi connectivity index (χ2v) is 8.65. The minimum absolute atomic E-state index is 0.519. The first kappa shape index (κ1) is 19.5. The predicted octanol–water partition coefficient (Wildman–Crippen LogP) is 7.47. The van der Waals surface area contributed by atoms with Crippen LogP contribution < -0.4 is 10.1 Å². The van der Waals surface area contributed by atoms with Gasteiger partial charge in [0.25, 0.3) is 0 Å². The van der Waals surface area contributed by atoms with E-state index in [4.69, 9.17) is 4.74 Å². The molecule has 0 fully saturated rings. The van der Waals surface area contributed by atoms with E-state index in [1.54, 1.807) is 0 Å². The monoisotopic (exact) mass is 537 g/mol. The lowest BCUT2D eigenvalue weighted by molar-refractivity contribution is 0.302. The third kappa shape index (κ3) is 5.35. The summed E-state index contributed by atoms with van der Waals surface area (Å²) in [6.45, 7) is 3.35. The molecule has 0 bridgehead atoms. The number of benzene rings is 3. The minimum atomic E-state index is 0.519. The first-order chi connectivity index (χ1) is 12.5. The lowest BCUT2D eigenvalue weighted by atomic mass is 10.2. The number of aryl methyl sites for hydroxylation is 1. The molecule has 0 saturated heterocycles. The number of hydrogen-bond donors (Lipinski definition) is 1. The van der Waals surface area contributed by atoms with Crippen molar-refractivity contribution < 1.29 is 4.74 Å². The predicted molar refractivity (Wildman–Crippen MR) is 119 cm³/mol. The van der Waals surface area contributed by atoms with Gasteiger partial charge in [0, 0.05) is 16.7 Å². The SMILES string of the molecule is Cc1ccc(NCc2cc(Br)c(OCc3ccc(Br)cc3)c(Br)c2)cc1. The maximum absolute atomic E-state index is 5.99. The van der Waals surface area contributed by atoms with Crippen molar-refractivity contribution in [3.8, 4) is 5.75 Å². The van der Waals surface area contributed by atoms with E-state index in [9.17, 15) is 0 Å². The summed E-state index contributed by atoms with van der Waals surface area (Å²) in [6.07, 6.45) is 0. The molecular weight excluding hydrogens is 522 g/mol. The smallest absolute Gasteiger partial charge is 0.148 e. The van der Waals surface area contributed by atoms with Gasteiger partial charge in [0.05, 0.1) is 8.95 Å². The molecule has 134 valence electrons. The van der Waals surface area contributed by atoms with E-state index in [0.717, 1.165) is 37.0 Å². The van der Waals surface area contributed by atoms with Crippen LogP contribution in [0.4, 0.5) is 5.69 Å². The normalized spacial score (nSPS) is 10.6. The highest BCUT2D eigenvalue weighted by molar-refractivity contribution is 9.11. The van der Waals surface area contributed by atoms with Crippen LogP contribution in [-0.2, 0) is 13.2 Å². The van der Waals surface area contributed by atoms with E-state index in [-0.39, 0.29) is 0 Å². The Bertz CT molecular complexity index is 854. The lowest BCUT2D eigenvalue weighted by Gasteiger charge is -2.13. The molecule has 0 aliphatic rings. The Labute approximate surface area is 179 Å². The summed E-state index contributed by atoms with van der Waals surface area (Å²) in [6, 6.07) is 20.7. The summed E-state index contributed by atoms with van der Waals surface area (Å²) < 4.78 is 8.93. The Morgan fingerprint density at radius 1 is 0.808 bits per heavy atom. The number of rotatable bonds is 6. The molecule has 0 aliphatic carbocycles. The van der Waals surface area contributed by atoms with Crippen molar-refractivity contribution >= 4 is 53.5 Å². The quantitative estimate of drug-likeness (QED) is 0.351. The highest BCUT2D eigenvalue weighted by Crippen LogP contribution is 2.35. The van der Waals surface area contributed by atoms with Gasteiger partial charge >= 0.3 is 0 Å². The molecule has 0 aliphatic heterocycles. The number of nitrogens with one attached hydrogen (secondary N) is 1. The third-order valence-electron chi connectivity index (χ3n) is 3.90. The molecule has 0 radical (unpaired) electrons. The van der Waals surface area contributed by atoms with Crippen molar-refractivity contribution in [1.82, 2.24) is 0 Å². The Hall–Kier alpha value is -1.30. The van der Waals surface area contributed by atoms with Gasteiger partial charge in [-0.25, -0.2) is 0 Å². The van der Waals surface area contributed by atoms with Crippen LogP contribution in [0.15, 0.2) is 74.1 Å². The van der Waals surface area contributed by atoms with Crippen LogP contribution in [0.3, 0.4) is 0 Å². The topological polar surface area (TPSA) is 21.3 Å². The maximum atomic E-state index is 5.99. The van der Waals surface area contributed by atoms with Crippen molar-refractivity contribution in [3.63, 3.8) is 0 Å². The van der Waals surface area contributed by atoms with E-state index < -0.39 is 0 Å². The zero-order valence-electron chi connectivity index (χ0n) is 14.2. The van der Waals surface area contributed by atoms with Gasteiger partial charge in [0.15, 0.2) is 0 Å². The summed E-state index contributed by atoms with van der Waals surface area (Å²) in [4.78, 5) is 0. The third-order valence-corrected chi connectivity index (χ3v) is 5.61. The van der Waals surface area contributed by atoms with Crippen LogP contribution in [-0.4, -0.2) is 0 Å². The molecule has 2 nitrogen and oxygen atoms in total. The number of anilines is 1. The van der Waals surface area contributed by atoms with Gasteiger partial charge in [-0.3, -0.25) is 0 Å². The first-order valence-corrected chi connectivity index (χ1v) is 10.5. The molecule has 26 heavy (non-hydrogen) atoms. The summed E-state index contributed by atoms with van der Waals surface area (Å²) in [5, 5.41) is 3.44. The van der Waals surface area contributed by atoms with Crippen LogP contribution in [0.1, 0.15) is 16.7 Å². The van der Waals surface area contributed by atoms with Crippen LogP contribution in [0.5, 0.6) is 5.75 Å². The molecule has 3 aromatic rings. The van der Waals surface area contributed by atoms with E-state index in [1.165, 1.54) is 11.1 Å². The minimum Gasteiger partial charge on any atom is -0.487 e. The van der Waals surface area contributed by atoms with Crippen molar-refractivity contribution in [2.45, 2.75) is 20.1 Å². The molecule has 0 atom stereocenters. The fraction of sp³-hybridized carbons (Fsp3) is 0.143. The zero-order valence-corrected chi connectivity index (χ0v) is 19.0. The Kier molecular flexibility index (Phi) is 6.79. The van der Waals surface area contributed by atoms with Gasteiger partial charge in [-0.05, 0) is 86.3 Å². The van der Waals surface area contributed by atoms with Gasteiger partial charge in [0.2, 0.25) is 0 Å². The fourth-order valence-corrected chi connectivity index (χ4v) is 4.24. The molecule has 0 saturated carbocycles. The Morgan fingerprint density at radius 3 is 2.04 bits per heavy atom. The van der Waals surface area contributed by atoms with E-state index in [0.29, 0.717) is 6.61 Å². The van der Waals surface area contributed by atoms with Crippen molar-refractivity contribution in [2.24, 2.45) is 0 Å². The lowest BCUT2D eigenvalue weighted by Crippen LogP contribution is -2.01. The van der Waals surface area contributed by atoms with E-state index in [2.05, 4.69) is 96.4 Å². The summed E-state index contributed by atoms with van der Waals surface area (Å²) >= 11 is 10.7. The molecule has 0 aromatic heterocycles. The zero-order chi connectivity index (χ0) is 18.5. The molecule has 3 rings (SSSR count). The van der Waals surface area contributed by atoms with Crippen LogP contribution in [0.2, 0.25) is 0 Å². The van der Waals surface area contributed by atoms with Crippen LogP contribution in [0.25, 0.3) is 0 Å². The number of halogens is 3. The average Bonchev–Trinajstić information content (AvgIpc) is 2.62. The molecule has 1 N–H and O–H groups in total. The largest absolute Gasteiger partial charge is 0.487 e. The average molecular weight is 540 g/mol. The second kappa shape index (κ2) is 9.07. The molecule has 0 heterocycles. The number of hydrogen-bond acceptors (Lipinski definition) is 2. The molecule has 0 unspecified atom stereocenters. The Morgan fingerprint density at radius 2 is 1.42 bits per heavy atom. The fourth-order valence-electron chi connectivity index (χ4n) is 2.46. The summed E-state index contributed by atoms with van der Waals surface area (Å²) in [5.74, 6) is 0.812. The van der Waals surface area contributed by atoms with Gasteiger partial charge in [-0.1, -0.05) is 45.8 Å². The van der Waals surface area contributed by atoms with E-state index >= 15 is 0 Å². The van der Waals surface area contributed by atoms with E-state index in [1.807, 2.05) is 24.3 Å². The highest BCUT2D eigenvalue weighted by Gasteiger charge is 2.10. The van der Waals surface area contributed by atoms with Crippen molar-refractivity contribution in [3.05, 3.63) is 90.8 Å². The van der Waals surface area contributed by atoms with Crippen LogP contribution in [0, 0.1) is 6.92 Å². The second-order valence-electron chi connectivity index (χ2n) is 6.02. The molecule has 0 spiro atoms. The molecule has 3 aromatic carbocycles. The van der Waals surface area contributed by atoms with Gasteiger partial charge in [-0.2, -0.15) is 0 Å². The van der Waals surface area contributed by atoms with Gasteiger partial charge in [-0.15, -0.1) is 0 Å². The number of ether oxygens (including phenoxy) is 1. The van der Waals surface area contributed by atoms with Crippen molar-refractivity contribution in [1.29, 1.82) is 0 Å².